The molecule has 0 atom stereocenters. The van der Waals surface area contributed by atoms with Crippen molar-refractivity contribution in [3.63, 3.8) is 0 Å². The Morgan fingerprint density at radius 3 is 1.56 bits per heavy atom. The molecule has 0 aliphatic carbocycles. The molecule has 0 unspecified atom stereocenters. The van der Waals surface area contributed by atoms with Gasteiger partial charge in [0.2, 0.25) is 0 Å². The fourth-order valence-corrected chi connectivity index (χ4v) is 3.06. The predicted octanol–water partition coefficient (Wildman–Crippen LogP) is 6.66. The average molecular weight is 429 g/mol. The van der Waals surface area contributed by atoms with Gasteiger partial charge in [-0.15, -0.1) is 0 Å². The first-order chi connectivity index (χ1) is 15.2. The highest BCUT2D eigenvalue weighted by Gasteiger charge is 2.17. The smallest absolute Gasteiger partial charge is 0.338 e. The Hall–Kier alpha value is -3.66. The summed E-state index contributed by atoms with van der Waals surface area (Å²) in [4.78, 5) is 23.9. The highest BCUT2D eigenvalue weighted by molar-refractivity contribution is 5.90. The van der Waals surface area contributed by atoms with E-state index < -0.39 is 5.60 Å². The molecule has 0 amide bonds. The van der Waals surface area contributed by atoms with E-state index in [2.05, 4.69) is 0 Å². The van der Waals surface area contributed by atoms with E-state index in [1.54, 1.807) is 31.2 Å². The second-order valence-electron chi connectivity index (χ2n) is 8.38. The molecule has 0 N–H and O–H groups in total. The van der Waals surface area contributed by atoms with Crippen molar-refractivity contribution in [2.45, 2.75) is 33.3 Å². The van der Waals surface area contributed by atoms with Gasteiger partial charge < -0.3 is 9.47 Å². The SMILES string of the molecule is CCOC(=O)c1ccc(-c2ccc(C=Cc3ccc(C(=O)OC(C)(C)C)cc3)cc2)cc1. The van der Waals surface area contributed by atoms with Crippen LogP contribution in [0.3, 0.4) is 0 Å². The van der Waals surface area contributed by atoms with Crippen molar-refractivity contribution >= 4 is 24.1 Å². The fourth-order valence-electron chi connectivity index (χ4n) is 3.06. The van der Waals surface area contributed by atoms with Crippen molar-refractivity contribution < 1.29 is 19.1 Å². The van der Waals surface area contributed by atoms with E-state index in [9.17, 15) is 9.59 Å². The van der Waals surface area contributed by atoms with Crippen LogP contribution in [0, 0.1) is 0 Å². The van der Waals surface area contributed by atoms with Crippen LogP contribution in [0.25, 0.3) is 23.3 Å². The fraction of sp³-hybridized carbons (Fsp3) is 0.214. The molecule has 4 nitrogen and oxygen atoms in total. The van der Waals surface area contributed by atoms with E-state index in [4.69, 9.17) is 9.47 Å². The first-order valence-electron chi connectivity index (χ1n) is 10.6. The van der Waals surface area contributed by atoms with Crippen LogP contribution in [0.4, 0.5) is 0 Å². The number of ether oxygens (including phenoxy) is 2. The van der Waals surface area contributed by atoms with Crippen molar-refractivity contribution in [3.05, 3.63) is 95.1 Å². The van der Waals surface area contributed by atoms with Crippen molar-refractivity contribution in [2.24, 2.45) is 0 Å². The molecular weight excluding hydrogens is 400 g/mol. The highest BCUT2D eigenvalue weighted by atomic mass is 16.6. The van der Waals surface area contributed by atoms with E-state index in [0.29, 0.717) is 17.7 Å². The Morgan fingerprint density at radius 1 is 0.688 bits per heavy atom. The summed E-state index contributed by atoms with van der Waals surface area (Å²) in [6.07, 6.45) is 4.03. The Balaban J connectivity index is 1.64. The molecule has 3 aromatic rings. The van der Waals surface area contributed by atoms with Gasteiger partial charge in [-0.05, 0) is 74.2 Å². The molecule has 0 aliphatic rings. The van der Waals surface area contributed by atoms with Crippen molar-refractivity contribution in [1.29, 1.82) is 0 Å². The molecule has 0 aliphatic heterocycles. The van der Waals surface area contributed by atoms with Gasteiger partial charge in [0.05, 0.1) is 17.7 Å². The molecule has 0 saturated heterocycles. The van der Waals surface area contributed by atoms with Gasteiger partial charge in [-0.3, -0.25) is 0 Å². The lowest BCUT2D eigenvalue weighted by Gasteiger charge is -2.19. The first kappa shape index (κ1) is 23.0. The zero-order chi connectivity index (χ0) is 23.1. The van der Waals surface area contributed by atoms with Crippen molar-refractivity contribution in [3.8, 4) is 11.1 Å². The van der Waals surface area contributed by atoms with Gasteiger partial charge in [0.1, 0.15) is 5.60 Å². The number of esters is 2. The van der Waals surface area contributed by atoms with Gasteiger partial charge in [-0.1, -0.05) is 60.7 Å². The normalized spacial score (nSPS) is 11.4. The monoisotopic (exact) mass is 428 g/mol. The second-order valence-corrected chi connectivity index (χ2v) is 8.38. The largest absolute Gasteiger partial charge is 0.462 e. The average Bonchev–Trinajstić information content (AvgIpc) is 2.77. The van der Waals surface area contributed by atoms with Crippen LogP contribution in [0.1, 0.15) is 59.5 Å². The maximum Gasteiger partial charge on any atom is 0.338 e. The van der Waals surface area contributed by atoms with Gasteiger partial charge in [-0.2, -0.15) is 0 Å². The minimum Gasteiger partial charge on any atom is -0.462 e. The van der Waals surface area contributed by atoms with Crippen molar-refractivity contribution in [1.82, 2.24) is 0 Å². The minimum atomic E-state index is -0.509. The van der Waals surface area contributed by atoms with Crippen LogP contribution in [-0.4, -0.2) is 24.1 Å². The molecule has 0 saturated carbocycles. The van der Waals surface area contributed by atoms with E-state index in [0.717, 1.165) is 22.3 Å². The molecule has 0 heterocycles. The summed E-state index contributed by atoms with van der Waals surface area (Å²) in [5.41, 5.74) is 4.74. The van der Waals surface area contributed by atoms with Crippen LogP contribution in [-0.2, 0) is 9.47 Å². The summed E-state index contributed by atoms with van der Waals surface area (Å²) in [7, 11) is 0. The minimum absolute atomic E-state index is 0.307. The topological polar surface area (TPSA) is 52.6 Å². The maximum absolute atomic E-state index is 12.1. The summed E-state index contributed by atoms with van der Waals surface area (Å²) in [5.74, 6) is -0.627. The molecule has 32 heavy (non-hydrogen) atoms. The van der Waals surface area contributed by atoms with Crippen LogP contribution in [0.2, 0.25) is 0 Å². The number of rotatable bonds is 6. The molecule has 0 aromatic heterocycles. The number of carbonyl (C=O) groups excluding carboxylic acids is 2. The van der Waals surface area contributed by atoms with Crippen LogP contribution in [0.5, 0.6) is 0 Å². The van der Waals surface area contributed by atoms with Crippen LogP contribution < -0.4 is 0 Å². The summed E-state index contributed by atoms with van der Waals surface area (Å²) in [6, 6.07) is 22.9. The Labute approximate surface area is 189 Å². The molecule has 4 heteroatoms. The van der Waals surface area contributed by atoms with Gasteiger partial charge in [0, 0.05) is 0 Å². The summed E-state index contributed by atoms with van der Waals surface area (Å²) in [5, 5.41) is 0. The number of benzene rings is 3. The molecule has 0 spiro atoms. The predicted molar refractivity (Wildman–Crippen MR) is 128 cm³/mol. The van der Waals surface area contributed by atoms with Gasteiger partial charge in [0.25, 0.3) is 0 Å². The quantitative estimate of drug-likeness (QED) is 0.326. The lowest BCUT2D eigenvalue weighted by molar-refractivity contribution is 0.00693. The van der Waals surface area contributed by atoms with Gasteiger partial charge in [0.15, 0.2) is 0 Å². The molecule has 0 radical (unpaired) electrons. The van der Waals surface area contributed by atoms with Gasteiger partial charge >= 0.3 is 11.9 Å². The van der Waals surface area contributed by atoms with E-state index in [1.165, 1.54) is 0 Å². The van der Waals surface area contributed by atoms with Crippen LogP contribution in [0.15, 0.2) is 72.8 Å². The third-order valence-corrected chi connectivity index (χ3v) is 4.65. The van der Waals surface area contributed by atoms with E-state index in [-0.39, 0.29) is 11.9 Å². The highest BCUT2D eigenvalue weighted by Crippen LogP contribution is 2.22. The van der Waals surface area contributed by atoms with Crippen LogP contribution >= 0.6 is 0 Å². The Kier molecular flexibility index (Phi) is 7.26. The molecule has 3 aromatic carbocycles. The molecule has 0 bridgehead atoms. The number of hydrogen-bond acceptors (Lipinski definition) is 4. The molecule has 164 valence electrons. The zero-order valence-electron chi connectivity index (χ0n) is 18.9. The summed E-state index contributed by atoms with van der Waals surface area (Å²) in [6.45, 7) is 7.72. The van der Waals surface area contributed by atoms with E-state index in [1.807, 2.05) is 81.5 Å². The molecule has 0 fully saturated rings. The third kappa shape index (κ3) is 6.42. The molecular formula is C28H28O4. The maximum atomic E-state index is 12.1. The number of carbonyl (C=O) groups is 2. The van der Waals surface area contributed by atoms with E-state index >= 15 is 0 Å². The summed E-state index contributed by atoms with van der Waals surface area (Å²) >= 11 is 0. The third-order valence-electron chi connectivity index (χ3n) is 4.65. The standard InChI is InChI=1S/C28H28O4/c1-5-31-26(29)24-18-16-23(17-19-24)22-12-8-20(9-13-22)6-7-21-10-14-25(15-11-21)27(30)32-28(2,3)4/h6-19H,5H2,1-4H3. The summed E-state index contributed by atoms with van der Waals surface area (Å²) < 4.78 is 10.4. The van der Waals surface area contributed by atoms with Crippen molar-refractivity contribution in [2.75, 3.05) is 6.61 Å². The lowest BCUT2D eigenvalue weighted by atomic mass is 10.0. The second kappa shape index (κ2) is 10.1. The molecule has 3 rings (SSSR count). The zero-order valence-corrected chi connectivity index (χ0v) is 18.9. The Morgan fingerprint density at radius 2 is 1.09 bits per heavy atom. The Bertz CT molecular complexity index is 1080. The number of hydrogen-bond donors (Lipinski definition) is 0. The first-order valence-corrected chi connectivity index (χ1v) is 10.6. The van der Waals surface area contributed by atoms with Gasteiger partial charge in [-0.25, -0.2) is 9.59 Å². The lowest BCUT2D eigenvalue weighted by Crippen LogP contribution is -2.23.